The lowest BCUT2D eigenvalue weighted by atomic mass is 10.1. The van der Waals surface area contributed by atoms with Crippen molar-refractivity contribution in [1.29, 1.82) is 0 Å². The van der Waals surface area contributed by atoms with Crippen molar-refractivity contribution >= 4 is 5.91 Å². The van der Waals surface area contributed by atoms with Crippen LogP contribution in [0.2, 0.25) is 0 Å². The van der Waals surface area contributed by atoms with Crippen LogP contribution in [0, 0.1) is 0 Å². The highest BCUT2D eigenvalue weighted by molar-refractivity contribution is 5.95. The number of nitrogens with two attached hydrogens (primary N) is 1. The number of benzene rings is 1. The van der Waals surface area contributed by atoms with Gasteiger partial charge in [-0.1, -0.05) is 13.8 Å². The average Bonchev–Trinajstić information content (AvgIpc) is 2.56. The van der Waals surface area contributed by atoms with Gasteiger partial charge in [0.15, 0.2) is 11.5 Å². The number of hydrogen-bond donors (Lipinski definition) is 1. The van der Waals surface area contributed by atoms with Gasteiger partial charge >= 0.3 is 0 Å². The minimum Gasteiger partial charge on any atom is -0.490 e. The third-order valence-electron chi connectivity index (χ3n) is 3.44. The second-order valence-electron chi connectivity index (χ2n) is 5.36. The van der Waals surface area contributed by atoms with Crippen LogP contribution in [0.1, 0.15) is 44.0 Å². The van der Waals surface area contributed by atoms with Crippen LogP contribution in [-0.2, 0) is 0 Å². The van der Waals surface area contributed by atoms with Gasteiger partial charge in [0, 0.05) is 25.2 Å². The molecular weight excluding hydrogens is 280 g/mol. The molecule has 1 aromatic carbocycles. The predicted molar refractivity (Wildman–Crippen MR) is 88.6 cm³/mol. The van der Waals surface area contributed by atoms with E-state index in [4.69, 9.17) is 15.2 Å². The van der Waals surface area contributed by atoms with Crippen LogP contribution in [0.25, 0.3) is 0 Å². The zero-order valence-electron chi connectivity index (χ0n) is 14.1. The molecule has 0 aliphatic heterocycles. The van der Waals surface area contributed by atoms with E-state index >= 15 is 0 Å². The highest BCUT2D eigenvalue weighted by Gasteiger charge is 2.18. The number of likely N-dealkylation sites (N-methyl/N-ethyl adjacent to an activating group) is 1. The van der Waals surface area contributed by atoms with Crippen LogP contribution in [-0.4, -0.2) is 43.7 Å². The Labute approximate surface area is 133 Å². The lowest BCUT2D eigenvalue weighted by Crippen LogP contribution is -2.39. The van der Waals surface area contributed by atoms with E-state index in [-0.39, 0.29) is 11.9 Å². The van der Waals surface area contributed by atoms with Gasteiger partial charge in [-0.3, -0.25) is 4.79 Å². The van der Waals surface area contributed by atoms with E-state index in [0.29, 0.717) is 36.8 Å². The van der Waals surface area contributed by atoms with Gasteiger partial charge in [0.25, 0.3) is 5.91 Å². The van der Waals surface area contributed by atoms with Crippen molar-refractivity contribution in [2.24, 2.45) is 5.73 Å². The number of hydrogen-bond acceptors (Lipinski definition) is 4. The molecule has 124 valence electrons. The summed E-state index contributed by atoms with van der Waals surface area (Å²) in [7, 11) is 1.76. The number of rotatable bonds is 9. The maximum atomic E-state index is 12.5. The van der Waals surface area contributed by atoms with E-state index in [0.717, 1.165) is 12.8 Å². The van der Waals surface area contributed by atoms with E-state index in [9.17, 15) is 4.79 Å². The molecule has 0 radical (unpaired) electrons. The molecule has 0 bridgehead atoms. The van der Waals surface area contributed by atoms with Gasteiger partial charge in [-0.25, -0.2) is 0 Å². The highest BCUT2D eigenvalue weighted by atomic mass is 16.5. The number of ether oxygens (including phenoxy) is 2. The Morgan fingerprint density at radius 1 is 1.18 bits per heavy atom. The summed E-state index contributed by atoms with van der Waals surface area (Å²) in [6.45, 7) is 7.66. The molecule has 0 saturated carbocycles. The molecule has 5 nitrogen and oxygen atoms in total. The molecule has 0 saturated heterocycles. The first-order chi connectivity index (χ1) is 10.5. The molecule has 2 N–H and O–H groups in total. The molecular formula is C17H28N2O3. The first-order valence-corrected chi connectivity index (χ1v) is 7.91. The molecule has 1 aromatic rings. The number of carbonyl (C=O) groups is 1. The fourth-order valence-corrected chi connectivity index (χ4v) is 1.86. The lowest BCUT2D eigenvalue weighted by Gasteiger charge is -2.24. The maximum Gasteiger partial charge on any atom is 0.254 e. The lowest BCUT2D eigenvalue weighted by molar-refractivity contribution is 0.0748. The van der Waals surface area contributed by atoms with Crippen molar-refractivity contribution in [3.05, 3.63) is 23.8 Å². The van der Waals surface area contributed by atoms with Crippen LogP contribution in [0.15, 0.2) is 18.2 Å². The smallest absolute Gasteiger partial charge is 0.254 e. The number of amides is 1. The summed E-state index contributed by atoms with van der Waals surface area (Å²) in [5.41, 5.74) is 6.21. The zero-order valence-corrected chi connectivity index (χ0v) is 14.1. The average molecular weight is 308 g/mol. The quantitative estimate of drug-likeness (QED) is 0.762. The van der Waals surface area contributed by atoms with Crippen LogP contribution in [0.5, 0.6) is 11.5 Å². The summed E-state index contributed by atoms with van der Waals surface area (Å²) in [5, 5.41) is 0. The Kier molecular flexibility index (Phi) is 7.74. The van der Waals surface area contributed by atoms with Crippen molar-refractivity contribution in [2.45, 2.75) is 39.7 Å². The second kappa shape index (κ2) is 9.30. The summed E-state index contributed by atoms with van der Waals surface area (Å²) < 4.78 is 11.4. The molecule has 0 spiro atoms. The summed E-state index contributed by atoms with van der Waals surface area (Å²) in [4.78, 5) is 14.1. The Hall–Kier alpha value is -1.75. The Balaban J connectivity index is 2.98. The van der Waals surface area contributed by atoms with E-state index in [1.165, 1.54) is 0 Å². The van der Waals surface area contributed by atoms with E-state index in [1.807, 2.05) is 20.8 Å². The molecule has 0 aliphatic carbocycles. The summed E-state index contributed by atoms with van der Waals surface area (Å²) in [5.74, 6) is 1.23. The molecule has 0 aromatic heterocycles. The highest BCUT2D eigenvalue weighted by Crippen LogP contribution is 2.29. The first-order valence-electron chi connectivity index (χ1n) is 7.91. The van der Waals surface area contributed by atoms with Crippen molar-refractivity contribution in [3.8, 4) is 11.5 Å². The van der Waals surface area contributed by atoms with E-state index in [2.05, 4.69) is 0 Å². The maximum absolute atomic E-state index is 12.5. The second-order valence-corrected chi connectivity index (χ2v) is 5.36. The monoisotopic (exact) mass is 308 g/mol. The summed E-state index contributed by atoms with van der Waals surface area (Å²) in [6.07, 6.45) is 1.82. The standard InChI is InChI=1S/C17H28N2O3/c1-5-9-21-15-8-7-14(11-16(15)22-10-6-2)17(20)19(4)13(3)12-18/h7-8,11,13H,5-6,9-10,12,18H2,1-4H3. The Morgan fingerprint density at radius 3 is 2.32 bits per heavy atom. The van der Waals surface area contributed by atoms with Gasteiger partial charge < -0.3 is 20.1 Å². The molecule has 0 heterocycles. The van der Waals surface area contributed by atoms with Crippen molar-refractivity contribution < 1.29 is 14.3 Å². The SMILES string of the molecule is CCCOc1ccc(C(=O)N(C)C(C)CN)cc1OCCC. The predicted octanol–water partition coefficient (Wildman–Crippen LogP) is 2.68. The van der Waals surface area contributed by atoms with Crippen LogP contribution in [0.3, 0.4) is 0 Å². The minimum atomic E-state index is -0.0682. The Bertz CT molecular complexity index is 477. The van der Waals surface area contributed by atoms with E-state index < -0.39 is 0 Å². The minimum absolute atomic E-state index is 0.0106. The topological polar surface area (TPSA) is 64.8 Å². The van der Waals surface area contributed by atoms with Crippen LogP contribution < -0.4 is 15.2 Å². The van der Waals surface area contributed by atoms with Gasteiger partial charge in [0.1, 0.15) is 0 Å². The number of nitrogens with zero attached hydrogens (tertiary/aromatic N) is 1. The third-order valence-corrected chi connectivity index (χ3v) is 3.44. The van der Waals surface area contributed by atoms with Gasteiger partial charge in [0.2, 0.25) is 0 Å². The van der Waals surface area contributed by atoms with Crippen molar-refractivity contribution in [1.82, 2.24) is 4.90 Å². The summed E-state index contributed by atoms with van der Waals surface area (Å²) >= 11 is 0. The van der Waals surface area contributed by atoms with Crippen molar-refractivity contribution in [3.63, 3.8) is 0 Å². The molecule has 0 aliphatic rings. The fourth-order valence-electron chi connectivity index (χ4n) is 1.86. The van der Waals surface area contributed by atoms with Crippen LogP contribution >= 0.6 is 0 Å². The molecule has 5 heteroatoms. The number of carbonyl (C=O) groups excluding carboxylic acids is 1. The molecule has 22 heavy (non-hydrogen) atoms. The largest absolute Gasteiger partial charge is 0.490 e. The molecule has 0 fully saturated rings. The van der Waals surface area contributed by atoms with E-state index in [1.54, 1.807) is 30.1 Å². The third kappa shape index (κ3) is 4.91. The Morgan fingerprint density at radius 2 is 1.77 bits per heavy atom. The first kappa shape index (κ1) is 18.3. The fraction of sp³-hybridized carbons (Fsp3) is 0.588. The summed E-state index contributed by atoms with van der Waals surface area (Å²) in [6, 6.07) is 5.31. The van der Waals surface area contributed by atoms with Crippen LogP contribution in [0.4, 0.5) is 0 Å². The zero-order chi connectivity index (χ0) is 16.5. The molecule has 1 atom stereocenters. The molecule has 1 rings (SSSR count). The normalized spacial score (nSPS) is 11.9. The van der Waals surface area contributed by atoms with Gasteiger partial charge in [-0.15, -0.1) is 0 Å². The molecule has 1 unspecified atom stereocenters. The molecule has 1 amide bonds. The van der Waals surface area contributed by atoms with Gasteiger partial charge in [-0.2, -0.15) is 0 Å². The van der Waals surface area contributed by atoms with Gasteiger partial charge in [-0.05, 0) is 38.0 Å². The van der Waals surface area contributed by atoms with Crippen molar-refractivity contribution in [2.75, 3.05) is 26.8 Å². The van der Waals surface area contributed by atoms with Gasteiger partial charge in [0.05, 0.1) is 13.2 Å².